The van der Waals surface area contributed by atoms with Crippen LogP contribution in [0.3, 0.4) is 0 Å². The van der Waals surface area contributed by atoms with Crippen LogP contribution in [0, 0.1) is 5.92 Å². The fraction of sp³-hybridized carbons (Fsp3) is 0.548. The van der Waals surface area contributed by atoms with Crippen LogP contribution in [0.1, 0.15) is 59.4 Å². The summed E-state index contributed by atoms with van der Waals surface area (Å²) in [6, 6.07) is 11.3. The van der Waals surface area contributed by atoms with Gasteiger partial charge in [0.1, 0.15) is 17.2 Å². The molecule has 1 N–H and O–H groups in total. The van der Waals surface area contributed by atoms with Crippen molar-refractivity contribution in [3.05, 3.63) is 36.7 Å². The fourth-order valence-corrected chi connectivity index (χ4v) is 6.39. The van der Waals surface area contributed by atoms with Gasteiger partial charge in [-0.1, -0.05) is 12.1 Å². The number of imidazole rings is 1. The Bertz CT molecular complexity index is 1480. The summed E-state index contributed by atoms with van der Waals surface area (Å²) in [5, 5.41) is 2.91. The Morgan fingerprint density at radius 1 is 1.10 bits per heavy atom. The van der Waals surface area contributed by atoms with Gasteiger partial charge in [-0.3, -0.25) is 9.69 Å². The maximum absolute atomic E-state index is 12.7. The number of amides is 2. The molecular formula is C31H38N6O4. The van der Waals surface area contributed by atoms with E-state index in [0.29, 0.717) is 24.9 Å². The van der Waals surface area contributed by atoms with Gasteiger partial charge in [0.15, 0.2) is 0 Å². The monoisotopic (exact) mass is 558 g/mol. The molecule has 0 radical (unpaired) electrons. The van der Waals surface area contributed by atoms with E-state index in [4.69, 9.17) is 19.4 Å². The molecule has 41 heavy (non-hydrogen) atoms. The number of ether oxygens (including phenoxy) is 2. The number of aromatic nitrogens is 3. The van der Waals surface area contributed by atoms with Gasteiger partial charge >= 0.3 is 6.09 Å². The van der Waals surface area contributed by atoms with E-state index in [1.807, 2.05) is 45.0 Å². The number of rotatable bonds is 6. The summed E-state index contributed by atoms with van der Waals surface area (Å²) >= 11 is 0. The van der Waals surface area contributed by atoms with Crippen molar-refractivity contribution in [3.63, 3.8) is 0 Å². The molecule has 3 unspecified atom stereocenters. The number of carbonyl (C=O) groups is 2. The van der Waals surface area contributed by atoms with Gasteiger partial charge in [-0.05, 0) is 65.2 Å². The molecule has 3 aromatic rings. The Balaban J connectivity index is 1.11. The van der Waals surface area contributed by atoms with Gasteiger partial charge < -0.3 is 24.3 Å². The fourth-order valence-electron chi connectivity index (χ4n) is 6.39. The van der Waals surface area contributed by atoms with E-state index >= 15 is 0 Å². The zero-order chi connectivity index (χ0) is 28.5. The van der Waals surface area contributed by atoms with Gasteiger partial charge in [-0.25, -0.2) is 14.8 Å². The van der Waals surface area contributed by atoms with Crippen LogP contribution in [0.5, 0.6) is 5.88 Å². The van der Waals surface area contributed by atoms with Crippen molar-refractivity contribution in [3.8, 4) is 17.1 Å². The number of hydrogen-bond acceptors (Lipinski definition) is 7. The lowest BCUT2D eigenvalue weighted by atomic mass is 9.87. The Labute approximate surface area is 240 Å². The van der Waals surface area contributed by atoms with Crippen molar-refractivity contribution in [2.75, 3.05) is 24.5 Å². The number of hydrogen-bond donors (Lipinski definition) is 1. The van der Waals surface area contributed by atoms with Crippen LogP contribution >= 0.6 is 0 Å². The lowest BCUT2D eigenvalue weighted by molar-refractivity contribution is -0.119. The smallest absolute Gasteiger partial charge is 0.410 e. The summed E-state index contributed by atoms with van der Waals surface area (Å²) in [6.45, 7) is 9.96. The van der Waals surface area contributed by atoms with Gasteiger partial charge in [0, 0.05) is 49.3 Å². The van der Waals surface area contributed by atoms with Gasteiger partial charge in [0.25, 0.3) is 0 Å². The molecule has 4 atom stereocenters. The molecule has 10 nitrogen and oxygen atoms in total. The minimum Gasteiger partial charge on any atom is -0.473 e. The zero-order valence-electron chi connectivity index (χ0n) is 24.2. The summed E-state index contributed by atoms with van der Waals surface area (Å²) in [4.78, 5) is 38.5. The van der Waals surface area contributed by atoms with E-state index in [1.54, 1.807) is 0 Å². The minimum absolute atomic E-state index is 0.0731. The second-order valence-electron chi connectivity index (χ2n) is 13.0. The van der Waals surface area contributed by atoms with Gasteiger partial charge in [-0.15, -0.1) is 0 Å². The number of nitrogens with zero attached hydrogens (tertiary/aromatic N) is 5. The Morgan fingerprint density at radius 2 is 1.83 bits per heavy atom. The molecule has 10 heteroatoms. The number of pyridine rings is 1. The molecule has 2 aromatic heterocycles. The largest absolute Gasteiger partial charge is 0.473 e. The molecule has 2 bridgehead atoms. The predicted octanol–water partition coefficient (Wildman–Crippen LogP) is 4.53. The first-order valence-corrected chi connectivity index (χ1v) is 14.8. The third-order valence-electron chi connectivity index (χ3n) is 8.76. The minimum atomic E-state index is -0.487. The summed E-state index contributed by atoms with van der Waals surface area (Å²) < 4.78 is 14.3. The molecule has 2 amide bonds. The lowest BCUT2D eigenvalue weighted by Gasteiger charge is -2.56. The quantitative estimate of drug-likeness (QED) is 0.474. The van der Waals surface area contributed by atoms with E-state index in [1.165, 1.54) is 0 Å². The Kier molecular flexibility index (Phi) is 6.13. The maximum atomic E-state index is 12.7. The van der Waals surface area contributed by atoms with Crippen molar-refractivity contribution in [1.82, 2.24) is 24.8 Å². The van der Waals surface area contributed by atoms with Crippen LogP contribution in [0.4, 0.5) is 10.5 Å². The third-order valence-corrected chi connectivity index (χ3v) is 8.76. The molecule has 5 aliphatic rings. The Morgan fingerprint density at radius 3 is 2.46 bits per heavy atom. The molecule has 1 saturated carbocycles. The second-order valence-corrected chi connectivity index (χ2v) is 13.0. The number of anilines is 1. The highest BCUT2D eigenvalue weighted by atomic mass is 16.6. The second kappa shape index (κ2) is 9.63. The average Bonchev–Trinajstić information content (AvgIpc) is 3.52. The first kappa shape index (κ1) is 26.1. The summed E-state index contributed by atoms with van der Waals surface area (Å²) in [6.07, 6.45) is 5.31. The predicted molar refractivity (Wildman–Crippen MR) is 155 cm³/mol. The topological polar surface area (TPSA) is 102 Å². The van der Waals surface area contributed by atoms with E-state index < -0.39 is 5.60 Å². The number of fused-ring (bicyclic) bond motifs is 3. The molecule has 5 fully saturated rings. The van der Waals surface area contributed by atoms with Gasteiger partial charge in [0.2, 0.25) is 11.8 Å². The first-order valence-electron chi connectivity index (χ1n) is 14.8. The highest BCUT2D eigenvalue weighted by Crippen LogP contribution is 2.41. The highest BCUT2D eigenvalue weighted by molar-refractivity contribution is 5.85. The number of piperidine rings is 1. The van der Waals surface area contributed by atoms with Crippen LogP contribution in [-0.4, -0.2) is 74.9 Å². The molecule has 8 rings (SSSR count). The lowest BCUT2D eigenvalue weighted by Crippen LogP contribution is -2.70. The summed E-state index contributed by atoms with van der Waals surface area (Å²) in [7, 11) is 0. The van der Waals surface area contributed by atoms with E-state index in [-0.39, 0.29) is 36.1 Å². The molecular weight excluding hydrogens is 520 g/mol. The molecule has 4 aliphatic heterocycles. The standard InChI is InChI=1S/C31H38N6O4/c1-18(20-11-27(38)32-14-20)40-29-28-26(33-17-36(28)22-9-10-22)13-25(34-29)19-5-7-21(8-6-19)35-15-23-12-24(16-35)37(23)30(39)41-31(2,3)4/h5-8,13,17-18,20,22-24H,9-12,14-16H2,1-4H3,(H,32,38)/t18-,20?,23?,24?/m1/s1. The van der Waals surface area contributed by atoms with E-state index in [9.17, 15) is 9.59 Å². The van der Waals surface area contributed by atoms with Crippen molar-refractivity contribution < 1.29 is 19.1 Å². The molecule has 216 valence electrons. The first-order chi connectivity index (χ1) is 19.6. The van der Waals surface area contributed by atoms with Crippen molar-refractivity contribution in [2.45, 2.75) is 83.2 Å². The number of piperazine rings is 1. The van der Waals surface area contributed by atoms with Crippen molar-refractivity contribution >= 4 is 28.7 Å². The summed E-state index contributed by atoms with van der Waals surface area (Å²) in [5.74, 6) is 0.765. The average molecular weight is 559 g/mol. The van der Waals surface area contributed by atoms with E-state index in [2.05, 4.69) is 39.0 Å². The third kappa shape index (κ3) is 4.97. The summed E-state index contributed by atoms with van der Waals surface area (Å²) in [5.41, 5.74) is 4.25. The molecule has 0 spiro atoms. The van der Waals surface area contributed by atoms with Crippen LogP contribution in [0.15, 0.2) is 36.7 Å². The number of carbonyl (C=O) groups excluding carboxylic acids is 2. The SMILES string of the molecule is C[C@@H](Oc1nc(-c2ccc(N3CC4CC(C3)N4C(=O)OC(C)(C)C)cc2)cc2ncn(C3CC3)c12)C1CNC(=O)C1. The normalized spacial score (nSPS) is 24.7. The van der Waals surface area contributed by atoms with Crippen molar-refractivity contribution in [1.29, 1.82) is 0 Å². The van der Waals surface area contributed by atoms with Crippen LogP contribution < -0.4 is 15.0 Å². The Hall–Kier alpha value is -3.82. The number of benzene rings is 1. The van der Waals surface area contributed by atoms with Crippen LogP contribution in [0.2, 0.25) is 0 Å². The van der Waals surface area contributed by atoms with Crippen molar-refractivity contribution in [2.24, 2.45) is 5.92 Å². The van der Waals surface area contributed by atoms with Gasteiger partial charge in [0.05, 0.1) is 29.6 Å². The molecule has 6 heterocycles. The molecule has 1 aliphatic carbocycles. The number of nitrogens with one attached hydrogen (secondary N) is 1. The molecule has 4 saturated heterocycles. The highest BCUT2D eigenvalue weighted by Gasteiger charge is 2.48. The zero-order valence-corrected chi connectivity index (χ0v) is 24.2. The van der Waals surface area contributed by atoms with Gasteiger partial charge in [-0.2, -0.15) is 0 Å². The van der Waals surface area contributed by atoms with Crippen LogP contribution in [0.25, 0.3) is 22.3 Å². The molecule has 1 aromatic carbocycles. The van der Waals surface area contributed by atoms with E-state index in [0.717, 1.165) is 60.3 Å². The maximum Gasteiger partial charge on any atom is 0.410 e. The van der Waals surface area contributed by atoms with Crippen LogP contribution in [-0.2, 0) is 9.53 Å².